The molecule has 0 saturated carbocycles. The molecule has 1 fully saturated rings. The van der Waals surface area contributed by atoms with E-state index < -0.39 is 0 Å². The van der Waals surface area contributed by atoms with Gasteiger partial charge in [0.15, 0.2) is 11.7 Å². The molecule has 7 heteroatoms. The molecule has 27 heavy (non-hydrogen) atoms. The van der Waals surface area contributed by atoms with E-state index >= 15 is 0 Å². The Morgan fingerprint density at radius 2 is 1.89 bits per heavy atom. The fraction of sp³-hybridized carbons (Fsp3) is 0.300. The van der Waals surface area contributed by atoms with Crippen LogP contribution in [-0.4, -0.2) is 30.7 Å². The highest BCUT2D eigenvalue weighted by Gasteiger charge is 2.12. The average molecular weight is 404 g/mol. The van der Waals surface area contributed by atoms with Gasteiger partial charge < -0.3 is 15.0 Å². The molecule has 2 aromatic carbocycles. The SMILES string of the molecule is Cc1ccc(OCC(=O)NC(=S)Nc2ccc(N3CCCC3)cc2)c(Cl)c1. The van der Waals surface area contributed by atoms with Gasteiger partial charge in [0, 0.05) is 24.5 Å². The molecule has 3 rings (SSSR count). The van der Waals surface area contributed by atoms with E-state index in [1.807, 2.05) is 25.1 Å². The summed E-state index contributed by atoms with van der Waals surface area (Å²) in [7, 11) is 0. The number of thiocarbonyl (C=S) groups is 1. The maximum Gasteiger partial charge on any atom is 0.264 e. The smallest absolute Gasteiger partial charge is 0.264 e. The molecular weight excluding hydrogens is 382 g/mol. The van der Waals surface area contributed by atoms with E-state index in [2.05, 4.69) is 27.7 Å². The van der Waals surface area contributed by atoms with Gasteiger partial charge in [-0.15, -0.1) is 0 Å². The summed E-state index contributed by atoms with van der Waals surface area (Å²) < 4.78 is 5.44. The number of nitrogens with zero attached hydrogens (tertiary/aromatic N) is 1. The number of hydrogen-bond acceptors (Lipinski definition) is 4. The summed E-state index contributed by atoms with van der Waals surface area (Å²) in [6, 6.07) is 13.4. The van der Waals surface area contributed by atoms with Crippen LogP contribution in [0.1, 0.15) is 18.4 Å². The third kappa shape index (κ3) is 5.58. The topological polar surface area (TPSA) is 53.6 Å². The van der Waals surface area contributed by atoms with Crippen LogP contribution in [0.3, 0.4) is 0 Å². The van der Waals surface area contributed by atoms with Crippen LogP contribution >= 0.6 is 23.8 Å². The Bertz CT molecular complexity index is 820. The van der Waals surface area contributed by atoms with Crippen LogP contribution in [0.25, 0.3) is 0 Å². The van der Waals surface area contributed by atoms with Crippen molar-refractivity contribution in [2.24, 2.45) is 0 Å². The first-order valence-electron chi connectivity index (χ1n) is 8.86. The first-order valence-corrected chi connectivity index (χ1v) is 9.65. The van der Waals surface area contributed by atoms with Crippen molar-refractivity contribution >= 4 is 46.2 Å². The molecule has 1 heterocycles. The molecule has 0 spiro atoms. The molecule has 5 nitrogen and oxygen atoms in total. The molecule has 1 saturated heterocycles. The second kappa shape index (κ2) is 9.06. The van der Waals surface area contributed by atoms with Crippen molar-refractivity contribution in [3.05, 3.63) is 53.1 Å². The quantitative estimate of drug-likeness (QED) is 0.735. The summed E-state index contributed by atoms with van der Waals surface area (Å²) in [5, 5.41) is 6.31. The van der Waals surface area contributed by atoms with E-state index in [0.29, 0.717) is 10.8 Å². The van der Waals surface area contributed by atoms with Crippen LogP contribution < -0.4 is 20.3 Å². The largest absolute Gasteiger partial charge is 0.482 e. The number of ether oxygens (including phenoxy) is 1. The van der Waals surface area contributed by atoms with Crippen molar-refractivity contribution in [2.45, 2.75) is 19.8 Å². The Hall–Kier alpha value is -2.31. The van der Waals surface area contributed by atoms with Gasteiger partial charge in [0.2, 0.25) is 0 Å². The second-order valence-corrected chi connectivity index (χ2v) is 7.28. The number of anilines is 2. The lowest BCUT2D eigenvalue weighted by Gasteiger charge is -2.18. The van der Waals surface area contributed by atoms with Gasteiger partial charge in [0.1, 0.15) is 5.75 Å². The molecule has 2 N–H and O–H groups in total. The molecular formula is C20H22ClN3O2S. The van der Waals surface area contributed by atoms with Crippen molar-refractivity contribution in [2.75, 3.05) is 29.9 Å². The highest BCUT2D eigenvalue weighted by molar-refractivity contribution is 7.80. The number of rotatable bonds is 5. The third-order valence-corrected chi connectivity index (χ3v) is 4.79. The Balaban J connectivity index is 1.46. The molecule has 1 aliphatic heterocycles. The van der Waals surface area contributed by atoms with Crippen molar-refractivity contribution in [1.82, 2.24) is 5.32 Å². The standard InChI is InChI=1S/C20H22ClN3O2S/c1-14-4-9-18(17(21)12-14)26-13-19(25)23-20(27)22-15-5-7-16(8-6-15)24-10-2-3-11-24/h4-9,12H,2-3,10-11,13H2,1H3,(H2,22,23,25,27). The summed E-state index contributed by atoms with van der Waals surface area (Å²) >= 11 is 11.3. The normalized spacial score (nSPS) is 13.3. The van der Waals surface area contributed by atoms with E-state index in [-0.39, 0.29) is 17.6 Å². The van der Waals surface area contributed by atoms with Crippen molar-refractivity contribution in [3.8, 4) is 5.75 Å². The number of hydrogen-bond donors (Lipinski definition) is 2. The summed E-state index contributed by atoms with van der Waals surface area (Å²) in [5.74, 6) is 0.117. The van der Waals surface area contributed by atoms with Crippen molar-refractivity contribution < 1.29 is 9.53 Å². The summed E-state index contributed by atoms with van der Waals surface area (Å²) in [6.07, 6.45) is 2.48. The highest BCUT2D eigenvalue weighted by Crippen LogP contribution is 2.25. The lowest BCUT2D eigenvalue weighted by Crippen LogP contribution is -2.37. The van der Waals surface area contributed by atoms with Gasteiger partial charge in [0.25, 0.3) is 5.91 Å². The maximum absolute atomic E-state index is 12.0. The van der Waals surface area contributed by atoms with Crippen LogP contribution in [0, 0.1) is 6.92 Å². The first kappa shape index (κ1) is 19.5. The van der Waals surface area contributed by atoms with Crippen molar-refractivity contribution in [3.63, 3.8) is 0 Å². The fourth-order valence-corrected chi connectivity index (χ4v) is 3.44. The number of amides is 1. The molecule has 0 unspecified atom stereocenters. The van der Waals surface area contributed by atoms with Gasteiger partial charge >= 0.3 is 0 Å². The van der Waals surface area contributed by atoms with Crippen molar-refractivity contribution in [1.29, 1.82) is 0 Å². The molecule has 142 valence electrons. The zero-order valence-corrected chi connectivity index (χ0v) is 16.7. The van der Waals surface area contributed by atoms with Crippen LogP contribution in [0.15, 0.2) is 42.5 Å². The predicted octanol–water partition coefficient (Wildman–Crippen LogP) is 4.14. The Morgan fingerprint density at radius 1 is 1.19 bits per heavy atom. The Labute approximate surface area is 169 Å². The van der Waals surface area contributed by atoms with Crippen LogP contribution in [0.2, 0.25) is 5.02 Å². The molecule has 0 atom stereocenters. The van der Waals surface area contributed by atoms with E-state index in [0.717, 1.165) is 24.3 Å². The minimum atomic E-state index is -0.349. The summed E-state index contributed by atoms with van der Waals surface area (Å²) in [5.41, 5.74) is 3.06. The molecule has 0 bridgehead atoms. The second-order valence-electron chi connectivity index (χ2n) is 6.47. The molecule has 0 radical (unpaired) electrons. The van der Waals surface area contributed by atoms with Gasteiger partial charge in [-0.25, -0.2) is 0 Å². The zero-order chi connectivity index (χ0) is 19.2. The van der Waals surface area contributed by atoms with E-state index in [4.69, 9.17) is 28.6 Å². The third-order valence-electron chi connectivity index (χ3n) is 4.30. The predicted molar refractivity (Wildman–Crippen MR) is 114 cm³/mol. The van der Waals surface area contributed by atoms with E-state index in [1.54, 1.807) is 12.1 Å². The molecule has 1 amide bonds. The number of nitrogens with one attached hydrogen (secondary N) is 2. The minimum Gasteiger partial charge on any atom is -0.482 e. The lowest BCUT2D eigenvalue weighted by molar-refractivity contribution is -0.121. The van der Waals surface area contributed by atoms with Gasteiger partial charge in [0.05, 0.1) is 5.02 Å². The number of aryl methyl sites for hydroxylation is 1. The number of halogens is 1. The average Bonchev–Trinajstić information content (AvgIpc) is 3.16. The van der Waals surface area contributed by atoms with Crippen LogP contribution in [0.4, 0.5) is 11.4 Å². The number of carbonyl (C=O) groups excluding carboxylic acids is 1. The molecule has 0 aliphatic carbocycles. The minimum absolute atomic E-state index is 0.168. The highest BCUT2D eigenvalue weighted by atomic mass is 35.5. The van der Waals surface area contributed by atoms with Crippen LogP contribution in [0.5, 0.6) is 5.75 Å². The first-order chi connectivity index (χ1) is 13.0. The van der Waals surface area contributed by atoms with Gasteiger partial charge in [-0.3, -0.25) is 10.1 Å². The molecule has 0 aromatic heterocycles. The van der Waals surface area contributed by atoms with E-state index in [9.17, 15) is 4.79 Å². The fourth-order valence-electron chi connectivity index (χ4n) is 2.92. The lowest BCUT2D eigenvalue weighted by atomic mass is 10.2. The van der Waals surface area contributed by atoms with Crippen LogP contribution in [-0.2, 0) is 4.79 Å². The molecule has 1 aliphatic rings. The number of benzene rings is 2. The van der Waals surface area contributed by atoms with Gasteiger partial charge in [-0.05, 0) is 73.9 Å². The van der Waals surface area contributed by atoms with Gasteiger partial charge in [-0.2, -0.15) is 0 Å². The summed E-state index contributed by atoms with van der Waals surface area (Å²) in [4.78, 5) is 14.4. The molecule has 2 aromatic rings. The Morgan fingerprint density at radius 3 is 2.56 bits per heavy atom. The zero-order valence-electron chi connectivity index (χ0n) is 15.1. The Kier molecular flexibility index (Phi) is 6.53. The summed E-state index contributed by atoms with van der Waals surface area (Å²) in [6.45, 7) is 3.97. The van der Waals surface area contributed by atoms with Gasteiger partial charge in [-0.1, -0.05) is 17.7 Å². The maximum atomic E-state index is 12.0. The van der Waals surface area contributed by atoms with E-state index in [1.165, 1.54) is 18.5 Å². The number of carbonyl (C=O) groups is 1. The monoisotopic (exact) mass is 403 g/mol.